The lowest BCUT2D eigenvalue weighted by Gasteiger charge is -2.43. The summed E-state index contributed by atoms with van der Waals surface area (Å²) >= 11 is 0. The van der Waals surface area contributed by atoms with Gasteiger partial charge in [0.15, 0.2) is 0 Å². The van der Waals surface area contributed by atoms with Crippen LogP contribution >= 0.6 is 0 Å². The molecule has 4 heterocycles. The number of hydrogen-bond donors (Lipinski definition) is 0. The minimum Gasteiger partial charge on any atom is -0.436 e. The van der Waals surface area contributed by atoms with E-state index in [1.807, 2.05) is 19.1 Å². The van der Waals surface area contributed by atoms with Crippen molar-refractivity contribution in [3.05, 3.63) is 52.2 Å². The van der Waals surface area contributed by atoms with Crippen LogP contribution in [-0.4, -0.2) is 99.5 Å². The molecule has 0 unspecified atom stereocenters. The molecule has 0 saturated carbocycles. The largest absolute Gasteiger partial charge is 0.573 e. The third-order valence-corrected chi connectivity index (χ3v) is 7.58. The van der Waals surface area contributed by atoms with Crippen molar-refractivity contribution in [2.45, 2.75) is 44.3 Å². The second-order valence-electron chi connectivity index (χ2n) is 10.7. The zero-order valence-corrected chi connectivity index (χ0v) is 21.8. The summed E-state index contributed by atoms with van der Waals surface area (Å²) in [4.78, 5) is 21.8. The maximum Gasteiger partial charge on any atom is 0.573 e. The van der Waals surface area contributed by atoms with E-state index in [1.54, 1.807) is 16.7 Å². The molecule has 0 amide bonds. The van der Waals surface area contributed by atoms with Crippen molar-refractivity contribution in [1.29, 1.82) is 0 Å². The van der Waals surface area contributed by atoms with Crippen molar-refractivity contribution >= 4 is 11.9 Å². The number of nitro groups is 1. The van der Waals surface area contributed by atoms with E-state index in [1.165, 1.54) is 18.3 Å². The number of piperidine rings is 1. The first-order valence-corrected chi connectivity index (χ1v) is 13.2. The maximum atomic E-state index is 12.3. The Morgan fingerprint density at radius 3 is 2.44 bits per heavy atom. The lowest BCUT2D eigenvalue weighted by Crippen LogP contribution is -2.54. The van der Waals surface area contributed by atoms with Gasteiger partial charge in [0.1, 0.15) is 17.5 Å². The molecule has 39 heavy (non-hydrogen) atoms. The van der Waals surface area contributed by atoms with E-state index >= 15 is 0 Å². The SMILES string of the molecule is C[C@]1(CN2CCC(N3CCN(C/C=C/c4ccc(OC(F)(F)F)cc4)CC3)CC2)Cn2cc([N+](=O)[O-])nc2O1. The Bertz CT molecular complexity index is 1150. The molecule has 0 N–H and O–H groups in total. The Morgan fingerprint density at radius 2 is 1.82 bits per heavy atom. The Hall–Kier alpha value is -3.16. The van der Waals surface area contributed by atoms with E-state index in [9.17, 15) is 23.3 Å². The normalized spacial score (nSPS) is 23.7. The van der Waals surface area contributed by atoms with Gasteiger partial charge in [-0.1, -0.05) is 24.3 Å². The van der Waals surface area contributed by atoms with Crippen LogP contribution in [0.2, 0.25) is 0 Å². The number of piperazine rings is 1. The number of fused-ring (bicyclic) bond motifs is 1. The van der Waals surface area contributed by atoms with Crippen LogP contribution in [0.25, 0.3) is 6.08 Å². The molecule has 1 aromatic heterocycles. The van der Waals surface area contributed by atoms with Gasteiger partial charge in [0.05, 0.1) is 6.54 Å². The van der Waals surface area contributed by atoms with Crippen molar-refractivity contribution in [3.8, 4) is 11.8 Å². The molecule has 0 bridgehead atoms. The highest BCUT2D eigenvalue weighted by atomic mass is 19.4. The van der Waals surface area contributed by atoms with Gasteiger partial charge < -0.3 is 19.6 Å². The van der Waals surface area contributed by atoms with Crippen molar-refractivity contribution in [3.63, 3.8) is 0 Å². The van der Waals surface area contributed by atoms with Crippen molar-refractivity contribution in [1.82, 2.24) is 24.3 Å². The van der Waals surface area contributed by atoms with Gasteiger partial charge in [0, 0.05) is 50.3 Å². The fourth-order valence-corrected chi connectivity index (χ4v) is 5.71. The van der Waals surface area contributed by atoms with Crippen LogP contribution in [0.3, 0.4) is 0 Å². The van der Waals surface area contributed by atoms with E-state index in [2.05, 4.69) is 24.4 Å². The number of alkyl halides is 3. The fourth-order valence-electron chi connectivity index (χ4n) is 5.71. The Balaban J connectivity index is 1.00. The molecular formula is C26H33F3N6O4. The van der Waals surface area contributed by atoms with Crippen LogP contribution in [0.4, 0.5) is 19.0 Å². The lowest BCUT2D eigenvalue weighted by molar-refractivity contribution is -0.389. The van der Waals surface area contributed by atoms with Gasteiger partial charge in [-0.25, -0.2) is 0 Å². The number of nitrogens with zero attached hydrogens (tertiary/aromatic N) is 6. The van der Waals surface area contributed by atoms with E-state index in [0.717, 1.165) is 70.8 Å². The molecule has 0 aliphatic carbocycles. The summed E-state index contributed by atoms with van der Waals surface area (Å²) in [5, 5.41) is 10.9. The maximum absolute atomic E-state index is 12.3. The number of imidazole rings is 1. The summed E-state index contributed by atoms with van der Waals surface area (Å²) in [6.07, 6.45) is 2.92. The van der Waals surface area contributed by atoms with Gasteiger partial charge in [-0.05, 0) is 55.5 Å². The second kappa shape index (κ2) is 11.1. The molecule has 10 nitrogen and oxygen atoms in total. The number of rotatable bonds is 8. The monoisotopic (exact) mass is 550 g/mol. The second-order valence-corrected chi connectivity index (χ2v) is 10.7. The predicted molar refractivity (Wildman–Crippen MR) is 138 cm³/mol. The summed E-state index contributed by atoms with van der Waals surface area (Å²) in [6.45, 7) is 10.1. The van der Waals surface area contributed by atoms with Gasteiger partial charge in [-0.3, -0.25) is 19.3 Å². The summed E-state index contributed by atoms with van der Waals surface area (Å²) in [5.74, 6) is -0.402. The number of ether oxygens (including phenoxy) is 2. The number of benzene rings is 1. The molecular weight excluding hydrogens is 517 g/mol. The Kier molecular flexibility index (Phi) is 7.83. The van der Waals surface area contributed by atoms with Crippen LogP contribution in [-0.2, 0) is 6.54 Å². The zero-order valence-electron chi connectivity index (χ0n) is 21.8. The molecule has 0 radical (unpaired) electrons. The van der Waals surface area contributed by atoms with Crippen LogP contribution in [0.1, 0.15) is 25.3 Å². The summed E-state index contributed by atoms with van der Waals surface area (Å²) < 4.78 is 48.5. The first-order chi connectivity index (χ1) is 18.6. The Morgan fingerprint density at radius 1 is 1.13 bits per heavy atom. The average Bonchev–Trinajstić information content (AvgIpc) is 3.40. The highest BCUT2D eigenvalue weighted by Gasteiger charge is 2.42. The lowest BCUT2D eigenvalue weighted by atomic mass is 9.99. The first kappa shape index (κ1) is 27.4. The highest BCUT2D eigenvalue weighted by molar-refractivity contribution is 5.50. The molecule has 3 aliphatic heterocycles. The predicted octanol–water partition coefficient (Wildman–Crippen LogP) is 3.64. The van der Waals surface area contributed by atoms with Gasteiger partial charge >= 0.3 is 18.2 Å². The van der Waals surface area contributed by atoms with Crippen LogP contribution in [0.15, 0.2) is 36.5 Å². The number of hydrogen-bond acceptors (Lipinski definition) is 8. The molecule has 5 rings (SSSR count). The topological polar surface area (TPSA) is 89.1 Å². The van der Waals surface area contributed by atoms with Crippen molar-refractivity contribution in [2.75, 3.05) is 52.4 Å². The average molecular weight is 551 g/mol. The summed E-state index contributed by atoms with van der Waals surface area (Å²) in [6, 6.07) is 6.75. The van der Waals surface area contributed by atoms with E-state index < -0.39 is 16.9 Å². The van der Waals surface area contributed by atoms with E-state index in [0.29, 0.717) is 18.6 Å². The quantitative estimate of drug-likeness (QED) is 0.364. The molecule has 1 atom stereocenters. The van der Waals surface area contributed by atoms with Crippen molar-refractivity contribution < 1.29 is 27.6 Å². The van der Waals surface area contributed by atoms with Gasteiger partial charge in [-0.2, -0.15) is 0 Å². The molecule has 13 heteroatoms. The van der Waals surface area contributed by atoms with Gasteiger partial charge in [0.2, 0.25) is 0 Å². The molecule has 2 aromatic rings. The molecule has 1 aromatic carbocycles. The molecule has 2 fully saturated rings. The van der Waals surface area contributed by atoms with Crippen LogP contribution < -0.4 is 9.47 Å². The number of likely N-dealkylation sites (tertiary alicyclic amines) is 1. The smallest absolute Gasteiger partial charge is 0.436 e. The van der Waals surface area contributed by atoms with Crippen LogP contribution in [0.5, 0.6) is 11.8 Å². The standard InChI is InChI=1S/C26H33F3N6O4/c1-25(19-34-17-23(35(36)37)30-24(34)39-25)18-32-11-8-21(9-12-32)33-15-13-31(14-16-33)10-2-3-20-4-6-22(7-5-20)38-26(27,28)29/h2-7,17,21H,8-16,18-19H2,1H3/b3-2+/t25-/m0/s1. The van der Waals surface area contributed by atoms with Crippen LogP contribution in [0, 0.1) is 10.1 Å². The number of halogens is 3. The summed E-state index contributed by atoms with van der Waals surface area (Å²) in [5.41, 5.74) is 0.389. The van der Waals surface area contributed by atoms with Crippen molar-refractivity contribution in [2.24, 2.45) is 0 Å². The molecule has 2 saturated heterocycles. The third kappa shape index (κ3) is 7.08. The van der Waals surface area contributed by atoms with E-state index in [4.69, 9.17) is 4.74 Å². The fraction of sp³-hybridized carbons (Fsp3) is 0.577. The van der Waals surface area contributed by atoms with Gasteiger partial charge in [-0.15, -0.1) is 13.2 Å². The first-order valence-electron chi connectivity index (χ1n) is 13.2. The molecule has 3 aliphatic rings. The zero-order chi connectivity index (χ0) is 27.6. The minimum atomic E-state index is -4.68. The molecule has 212 valence electrons. The third-order valence-electron chi connectivity index (χ3n) is 7.58. The van der Waals surface area contributed by atoms with E-state index in [-0.39, 0.29) is 11.6 Å². The highest BCUT2D eigenvalue weighted by Crippen LogP contribution is 2.32. The summed E-state index contributed by atoms with van der Waals surface area (Å²) in [7, 11) is 0. The minimum absolute atomic E-state index is 0.183. The Labute approximate surface area is 224 Å². The molecule has 0 spiro atoms. The number of aromatic nitrogens is 2. The van der Waals surface area contributed by atoms with Gasteiger partial charge in [0.25, 0.3) is 0 Å².